The molecule has 1 N–H and O–H groups in total. The third-order valence-corrected chi connectivity index (χ3v) is 5.17. The van der Waals surface area contributed by atoms with Gasteiger partial charge in [0.1, 0.15) is 17.2 Å². The van der Waals surface area contributed by atoms with Gasteiger partial charge in [-0.25, -0.2) is 4.39 Å². The van der Waals surface area contributed by atoms with Gasteiger partial charge in [0.2, 0.25) is 0 Å². The molecule has 2 heterocycles. The summed E-state index contributed by atoms with van der Waals surface area (Å²) in [7, 11) is 0. The van der Waals surface area contributed by atoms with Crippen molar-refractivity contribution < 1.29 is 14.0 Å². The maximum atomic E-state index is 13.5. The zero-order valence-electron chi connectivity index (χ0n) is 14.4. The van der Waals surface area contributed by atoms with E-state index in [-0.39, 0.29) is 17.5 Å². The largest absolute Gasteiger partial charge is 0.338 e. The second kappa shape index (κ2) is 6.78. The molecule has 1 saturated heterocycles. The minimum atomic E-state index is -0.732. The molecule has 5 nitrogen and oxygen atoms in total. The molecule has 4 rings (SSSR count). The van der Waals surface area contributed by atoms with Gasteiger partial charge in [-0.2, -0.15) is 0 Å². The number of benzene rings is 2. The van der Waals surface area contributed by atoms with Crippen LogP contribution in [0.5, 0.6) is 0 Å². The minimum Gasteiger partial charge on any atom is -0.338 e. The van der Waals surface area contributed by atoms with Crippen LogP contribution in [0.1, 0.15) is 28.8 Å². The molecule has 2 aromatic rings. The van der Waals surface area contributed by atoms with Crippen molar-refractivity contribution in [2.24, 2.45) is 4.99 Å². The second-order valence-electron chi connectivity index (χ2n) is 6.76. The number of piperidine rings is 1. The van der Waals surface area contributed by atoms with Gasteiger partial charge in [-0.15, -0.1) is 0 Å². The highest BCUT2D eigenvalue weighted by Crippen LogP contribution is 2.29. The van der Waals surface area contributed by atoms with Crippen molar-refractivity contribution >= 4 is 29.1 Å². The first-order valence-corrected chi connectivity index (χ1v) is 9.07. The Balaban J connectivity index is 1.50. The van der Waals surface area contributed by atoms with Crippen LogP contribution in [0, 0.1) is 5.82 Å². The number of likely N-dealkylation sites (tertiary alicyclic amines) is 1. The summed E-state index contributed by atoms with van der Waals surface area (Å²) in [5, 5.41) is 3.44. The molecule has 0 bridgehead atoms. The predicted molar refractivity (Wildman–Crippen MR) is 100 cm³/mol. The Labute approximate surface area is 160 Å². The van der Waals surface area contributed by atoms with Crippen LogP contribution in [0.15, 0.2) is 53.5 Å². The van der Waals surface area contributed by atoms with Gasteiger partial charge in [0, 0.05) is 42.1 Å². The van der Waals surface area contributed by atoms with E-state index in [0.717, 1.165) is 0 Å². The molecule has 0 saturated carbocycles. The van der Waals surface area contributed by atoms with Crippen LogP contribution < -0.4 is 5.32 Å². The minimum absolute atomic E-state index is 0.0917. The van der Waals surface area contributed by atoms with Gasteiger partial charge in [0.05, 0.1) is 0 Å². The molecule has 7 heteroatoms. The number of rotatable bonds is 2. The Bertz CT molecular complexity index is 952. The average molecular weight is 386 g/mol. The van der Waals surface area contributed by atoms with E-state index in [0.29, 0.717) is 42.1 Å². The Kier molecular flexibility index (Phi) is 4.44. The molecule has 0 unspecified atom stereocenters. The van der Waals surface area contributed by atoms with Gasteiger partial charge in [0.25, 0.3) is 11.8 Å². The highest BCUT2D eigenvalue weighted by molar-refractivity contribution is 6.46. The van der Waals surface area contributed by atoms with E-state index in [9.17, 15) is 14.0 Å². The van der Waals surface area contributed by atoms with Crippen LogP contribution in [0.25, 0.3) is 0 Å². The molecule has 1 spiro atoms. The molecular formula is C20H17ClFN3O2. The molecule has 1 fully saturated rings. The van der Waals surface area contributed by atoms with Gasteiger partial charge < -0.3 is 10.2 Å². The van der Waals surface area contributed by atoms with Crippen LogP contribution in [-0.4, -0.2) is 41.2 Å². The van der Waals surface area contributed by atoms with E-state index >= 15 is 0 Å². The smallest absolute Gasteiger partial charge is 0.272 e. The van der Waals surface area contributed by atoms with Crippen molar-refractivity contribution in [3.05, 3.63) is 70.5 Å². The summed E-state index contributed by atoms with van der Waals surface area (Å²) in [6, 6.07) is 12.7. The molecule has 2 amide bonds. The van der Waals surface area contributed by atoms with Crippen LogP contribution >= 0.6 is 11.6 Å². The van der Waals surface area contributed by atoms with Crippen LogP contribution in [0.2, 0.25) is 5.02 Å². The fraction of sp³-hybridized carbons (Fsp3) is 0.250. The van der Waals surface area contributed by atoms with Crippen LogP contribution in [0.4, 0.5) is 4.39 Å². The fourth-order valence-electron chi connectivity index (χ4n) is 3.52. The van der Waals surface area contributed by atoms with Gasteiger partial charge in [-0.3, -0.25) is 14.6 Å². The monoisotopic (exact) mass is 385 g/mol. The number of carbonyl (C=O) groups is 2. The van der Waals surface area contributed by atoms with E-state index in [2.05, 4.69) is 10.3 Å². The standard InChI is InChI=1S/C20H17ClFN3O2/c21-15-5-1-4-14(11-15)19(27)25-9-7-20(8-10-25)23-17(18(26)24-20)13-3-2-6-16(22)12-13/h1-6,11-12H,7-10H2,(H,24,26). The third-order valence-electron chi connectivity index (χ3n) is 4.93. The zero-order valence-corrected chi connectivity index (χ0v) is 15.2. The van der Waals surface area contributed by atoms with Gasteiger partial charge in [0.15, 0.2) is 0 Å². The van der Waals surface area contributed by atoms with Gasteiger partial charge in [-0.1, -0.05) is 29.8 Å². The molecule has 0 atom stereocenters. The molecular weight excluding hydrogens is 369 g/mol. The average Bonchev–Trinajstić information content (AvgIpc) is 2.98. The number of nitrogens with one attached hydrogen (secondary N) is 1. The molecule has 0 radical (unpaired) electrons. The van der Waals surface area contributed by atoms with Crippen LogP contribution in [0.3, 0.4) is 0 Å². The highest BCUT2D eigenvalue weighted by atomic mass is 35.5. The summed E-state index contributed by atoms with van der Waals surface area (Å²) in [4.78, 5) is 31.3. The number of hydrogen-bond donors (Lipinski definition) is 1. The summed E-state index contributed by atoms with van der Waals surface area (Å²) in [6.45, 7) is 0.928. The number of aliphatic imine (C=N–C) groups is 1. The summed E-state index contributed by atoms with van der Waals surface area (Å²) in [5.41, 5.74) is 0.507. The molecule has 0 aromatic heterocycles. The molecule has 27 heavy (non-hydrogen) atoms. The number of amides is 2. The Morgan fingerprint density at radius 3 is 2.59 bits per heavy atom. The lowest BCUT2D eigenvalue weighted by Crippen LogP contribution is -2.52. The second-order valence-corrected chi connectivity index (χ2v) is 7.20. The highest BCUT2D eigenvalue weighted by Gasteiger charge is 2.43. The van der Waals surface area contributed by atoms with Gasteiger partial charge >= 0.3 is 0 Å². The van der Waals surface area contributed by atoms with Crippen molar-refractivity contribution in [1.29, 1.82) is 0 Å². The maximum Gasteiger partial charge on any atom is 0.272 e. The molecule has 138 valence electrons. The number of nitrogens with zero attached hydrogens (tertiary/aromatic N) is 2. The van der Waals surface area contributed by atoms with E-state index in [1.165, 1.54) is 12.1 Å². The van der Waals surface area contributed by atoms with E-state index in [4.69, 9.17) is 11.6 Å². The number of halogens is 2. The molecule has 0 aliphatic carbocycles. The van der Waals surface area contributed by atoms with Crippen molar-refractivity contribution in [3.8, 4) is 0 Å². The Morgan fingerprint density at radius 1 is 1.15 bits per heavy atom. The summed E-state index contributed by atoms with van der Waals surface area (Å²) < 4.78 is 13.5. The quantitative estimate of drug-likeness (QED) is 0.863. The lowest BCUT2D eigenvalue weighted by atomic mass is 9.97. The molecule has 2 aromatic carbocycles. The SMILES string of the molecule is O=C1NC2(CCN(C(=O)c3cccc(Cl)c3)CC2)N=C1c1cccc(F)c1. The van der Waals surface area contributed by atoms with E-state index in [1.807, 2.05) is 0 Å². The Morgan fingerprint density at radius 2 is 1.89 bits per heavy atom. The molecule has 2 aliphatic rings. The topological polar surface area (TPSA) is 61.8 Å². The summed E-state index contributed by atoms with van der Waals surface area (Å²) in [6.07, 6.45) is 1.01. The van der Waals surface area contributed by atoms with Crippen molar-refractivity contribution in [2.45, 2.75) is 18.5 Å². The summed E-state index contributed by atoms with van der Waals surface area (Å²) >= 11 is 5.97. The van der Waals surface area contributed by atoms with Gasteiger partial charge in [-0.05, 0) is 30.3 Å². The molecule has 2 aliphatic heterocycles. The Hall–Kier alpha value is -2.73. The fourth-order valence-corrected chi connectivity index (χ4v) is 3.71. The summed E-state index contributed by atoms with van der Waals surface area (Å²) in [5.74, 6) is -0.813. The lowest BCUT2D eigenvalue weighted by molar-refractivity contribution is -0.115. The lowest BCUT2D eigenvalue weighted by Gasteiger charge is -2.37. The van der Waals surface area contributed by atoms with Crippen molar-refractivity contribution in [3.63, 3.8) is 0 Å². The van der Waals surface area contributed by atoms with Crippen molar-refractivity contribution in [2.75, 3.05) is 13.1 Å². The van der Waals surface area contributed by atoms with Crippen molar-refractivity contribution in [1.82, 2.24) is 10.2 Å². The first-order chi connectivity index (χ1) is 13.0. The number of carbonyl (C=O) groups excluding carboxylic acids is 2. The zero-order chi connectivity index (χ0) is 19.0. The number of hydrogen-bond acceptors (Lipinski definition) is 3. The normalized spacial score (nSPS) is 18.4. The predicted octanol–water partition coefficient (Wildman–Crippen LogP) is 3.03. The first-order valence-electron chi connectivity index (χ1n) is 8.69. The third kappa shape index (κ3) is 3.45. The maximum absolute atomic E-state index is 13.5. The van der Waals surface area contributed by atoms with Crippen LogP contribution in [-0.2, 0) is 4.79 Å². The van der Waals surface area contributed by atoms with E-state index < -0.39 is 11.5 Å². The first kappa shape index (κ1) is 17.7. The van der Waals surface area contributed by atoms with E-state index in [1.54, 1.807) is 41.3 Å².